The Morgan fingerprint density at radius 1 is 1.40 bits per heavy atom. The molecule has 20 heavy (non-hydrogen) atoms. The fourth-order valence-corrected chi connectivity index (χ4v) is 2.39. The van der Waals surface area contributed by atoms with Gasteiger partial charge in [0.05, 0.1) is 5.69 Å². The molecule has 0 aliphatic rings. The van der Waals surface area contributed by atoms with Crippen molar-refractivity contribution in [1.82, 2.24) is 19.9 Å². The number of hydrogen-bond donors (Lipinski definition) is 1. The summed E-state index contributed by atoms with van der Waals surface area (Å²) in [4.78, 5) is 3.77. The number of hydrogen-bond acceptors (Lipinski definition) is 6. The number of halogens is 2. The van der Waals surface area contributed by atoms with Gasteiger partial charge in [-0.2, -0.15) is 0 Å². The number of nitrogens with two attached hydrogens (primary N) is 1. The van der Waals surface area contributed by atoms with E-state index in [2.05, 4.69) is 19.6 Å². The minimum Gasteiger partial charge on any atom is -0.442 e. The van der Waals surface area contributed by atoms with Crippen LogP contribution in [0.4, 0.5) is 8.78 Å². The minimum atomic E-state index is -2.69. The van der Waals surface area contributed by atoms with E-state index in [4.69, 9.17) is 5.84 Å². The van der Waals surface area contributed by atoms with Crippen molar-refractivity contribution in [2.45, 2.75) is 43.5 Å². The molecule has 0 amide bonds. The lowest BCUT2D eigenvalue weighted by molar-refractivity contribution is 0.121. The van der Waals surface area contributed by atoms with Gasteiger partial charge < -0.3 is 10.3 Å². The van der Waals surface area contributed by atoms with Crippen LogP contribution in [0.25, 0.3) is 0 Å². The van der Waals surface area contributed by atoms with Gasteiger partial charge in [-0.15, -0.1) is 10.2 Å². The fraction of sp³-hybridized carbons (Fsp3) is 0.545. The van der Waals surface area contributed by atoms with E-state index in [-0.39, 0.29) is 16.9 Å². The van der Waals surface area contributed by atoms with Crippen LogP contribution in [0.5, 0.6) is 0 Å². The highest BCUT2D eigenvalue weighted by Gasteiger charge is 2.24. The molecule has 110 valence electrons. The summed E-state index contributed by atoms with van der Waals surface area (Å²) >= 11 is 1.18. The van der Waals surface area contributed by atoms with Crippen LogP contribution in [0.3, 0.4) is 0 Å². The van der Waals surface area contributed by atoms with Gasteiger partial charge in [0.1, 0.15) is 0 Å². The van der Waals surface area contributed by atoms with E-state index in [9.17, 15) is 8.78 Å². The molecular formula is C11H15F2N5OS. The van der Waals surface area contributed by atoms with Crippen LogP contribution in [0, 0.1) is 0 Å². The lowest BCUT2D eigenvalue weighted by Gasteiger charge is -2.16. The number of nitrogen functional groups attached to an aromatic ring is 1. The molecule has 0 bridgehead atoms. The summed E-state index contributed by atoms with van der Waals surface area (Å²) in [7, 11) is 0. The highest BCUT2D eigenvalue weighted by Crippen LogP contribution is 2.29. The number of rotatable bonds is 4. The SMILES string of the molecule is CC(C)(C)c1nnc(SCc2ncoc2C(F)F)n1N. The summed E-state index contributed by atoms with van der Waals surface area (Å²) in [5.74, 6) is 6.30. The van der Waals surface area contributed by atoms with Crippen LogP contribution >= 0.6 is 11.8 Å². The van der Waals surface area contributed by atoms with Gasteiger partial charge >= 0.3 is 0 Å². The van der Waals surface area contributed by atoms with Crippen molar-refractivity contribution in [2.75, 3.05) is 5.84 Å². The molecule has 0 aliphatic carbocycles. The second-order valence-corrected chi connectivity index (χ2v) is 6.12. The summed E-state index contributed by atoms with van der Waals surface area (Å²) in [6, 6.07) is 0. The number of aromatic nitrogens is 4. The highest BCUT2D eigenvalue weighted by molar-refractivity contribution is 7.98. The van der Waals surface area contributed by atoms with Gasteiger partial charge in [-0.3, -0.25) is 0 Å². The van der Waals surface area contributed by atoms with Gasteiger partial charge in [-0.05, 0) is 0 Å². The molecule has 0 radical (unpaired) electrons. The van der Waals surface area contributed by atoms with Gasteiger partial charge in [-0.25, -0.2) is 18.4 Å². The fourth-order valence-electron chi connectivity index (χ4n) is 1.58. The van der Waals surface area contributed by atoms with Crippen molar-refractivity contribution in [2.24, 2.45) is 0 Å². The Balaban J connectivity index is 2.12. The Bertz CT molecular complexity index is 590. The first-order valence-corrected chi connectivity index (χ1v) is 6.83. The molecule has 2 N–H and O–H groups in total. The quantitative estimate of drug-likeness (QED) is 0.690. The third-order valence-electron chi connectivity index (χ3n) is 2.54. The molecule has 0 aliphatic heterocycles. The molecule has 2 heterocycles. The smallest absolute Gasteiger partial charge is 0.297 e. The molecule has 0 saturated heterocycles. The molecule has 0 unspecified atom stereocenters. The zero-order valence-electron chi connectivity index (χ0n) is 11.3. The Labute approximate surface area is 118 Å². The maximum Gasteiger partial charge on any atom is 0.297 e. The zero-order valence-corrected chi connectivity index (χ0v) is 12.1. The number of nitrogens with zero attached hydrogens (tertiary/aromatic N) is 4. The van der Waals surface area contributed by atoms with E-state index in [1.54, 1.807) is 0 Å². The third-order valence-corrected chi connectivity index (χ3v) is 3.50. The Morgan fingerprint density at radius 3 is 2.65 bits per heavy atom. The lowest BCUT2D eigenvalue weighted by Crippen LogP contribution is -2.24. The molecule has 0 aromatic carbocycles. The topological polar surface area (TPSA) is 82.8 Å². The normalized spacial score (nSPS) is 12.3. The minimum absolute atomic E-state index is 0.185. The summed E-state index contributed by atoms with van der Waals surface area (Å²) in [5.41, 5.74) is -0.0620. The van der Waals surface area contributed by atoms with Gasteiger partial charge in [0.25, 0.3) is 6.43 Å². The highest BCUT2D eigenvalue weighted by atomic mass is 32.2. The Kier molecular flexibility index (Phi) is 3.98. The first-order valence-electron chi connectivity index (χ1n) is 5.85. The molecule has 0 spiro atoms. The van der Waals surface area contributed by atoms with Crippen molar-refractivity contribution in [1.29, 1.82) is 0 Å². The number of oxazole rings is 1. The first kappa shape index (κ1) is 14.8. The summed E-state index contributed by atoms with van der Waals surface area (Å²) in [6.45, 7) is 5.88. The molecular weight excluding hydrogens is 288 g/mol. The van der Waals surface area contributed by atoms with Gasteiger partial charge in [0, 0.05) is 11.2 Å². The predicted octanol–water partition coefficient (Wildman–Crippen LogP) is 2.51. The van der Waals surface area contributed by atoms with Crippen molar-refractivity contribution in [3.63, 3.8) is 0 Å². The number of alkyl halides is 2. The maximum atomic E-state index is 12.6. The molecule has 2 aromatic rings. The van der Waals surface area contributed by atoms with Gasteiger partial charge in [0.2, 0.25) is 5.16 Å². The molecule has 0 atom stereocenters. The van der Waals surface area contributed by atoms with Crippen LogP contribution in [-0.4, -0.2) is 19.9 Å². The third kappa shape index (κ3) is 2.92. The summed E-state index contributed by atoms with van der Waals surface area (Å²) < 4.78 is 31.3. The second-order valence-electron chi connectivity index (χ2n) is 5.18. The summed E-state index contributed by atoms with van der Waals surface area (Å²) in [6.07, 6.45) is -1.68. The standard InChI is InChI=1S/C11H15F2N5OS/c1-11(2,3)9-16-17-10(18(9)14)20-4-6-7(8(12)13)19-5-15-6/h5,8H,4,14H2,1-3H3. The van der Waals surface area contributed by atoms with Crippen LogP contribution in [0.1, 0.15) is 44.5 Å². The zero-order chi connectivity index (χ0) is 14.9. The molecule has 2 rings (SSSR count). The Hall–Kier alpha value is -1.64. The van der Waals surface area contributed by atoms with Crippen molar-refractivity contribution in [3.8, 4) is 0 Å². The van der Waals surface area contributed by atoms with Crippen LogP contribution in [0.2, 0.25) is 0 Å². The number of thioether (sulfide) groups is 1. The van der Waals surface area contributed by atoms with Crippen molar-refractivity contribution < 1.29 is 13.2 Å². The molecule has 9 heteroatoms. The van der Waals surface area contributed by atoms with Crippen molar-refractivity contribution >= 4 is 11.8 Å². The monoisotopic (exact) mass is 303 g/mol. The summed E-state index contributed by atoms with van der Waals surface area (Å²) in [5, 5.41) is 8.42. The second kappa shape index (κ2) is 5.39. The van der Waals surface area contributed by atoms with E-state index in [0.29, 0.717) is 11.0 Å². The largest absolute Gasteiger partial charge is 0.442 e. The molecule has 0 saturated carbocycles. The van der Waals surface area contributed by atoms with Crippen LogP contribution < -0.4 is 5.84 Å². The van der Waals surface area contributed by atoms with Crippen LogP contribution in [-0.2, 0) is 11.2 Å². The van der Waals surface area contributed by atoms with Gasteiger partial charge in [0.15, 0.2) is 18.0 Å². The lowest BCUT2D eigenvalue weighted by atomic mass is 9.96. The average molecular weight is 303 g/mol. The average Bonchev–Trinajstić information content (AvgIpc) is 2.91. The van der Waals surface area contributed by atoms with Crippen molar-refractivity contribution in [3.05, 3.63) is 23.7 Å². The first-order chi connectivity index (χ1) is 9.30. The van der Waals surface area contributed by atoms with E-state index < -0.39 is 12.2 Å². The predicted molar refractivity (Wildman–Crippen MR) is 69.9 cm³/mol. The van der Waals surface area contributed by atoms with E-state index in [0.717, 1.165) is 6.39 Å². The Morgan fingerprint density at radius 2 is 2.10 bits per heavy atom. The molecule has 2 aromatic heterocycles. The maximum absolute atomic E-state index is 12.6. The van der Waals surface area contributed by atoms with E-state index in [1.165, 1.54) is 16.4 Å². The van der Waals surface area contributed by atoms with Gasteiger partial charge in [-0.1, -0.05) is 32.5 Å². The molecule has 6 nitrogen and oxygen atoms in total. The van der Waals surface area contributed by atoms with E-state index in [1.807, 2.05) is 20.8 Å². The van der Waals surface area contributed by atoms with E-state index >= 15 is 0 Å². The molecule has 0 fully saturated rings. The van der Waals surface area contributed by atoms with Crippen LogP contribution in [0.15, 0.2) is 16.0 Å².